The molecule has 0 spiro atoms. The first kappa shape index (κ1) is 40.2. The lowest BCUT2D eigenvalue weighted by Gasteiger charge is -2.40. The third-order valence-electron chi connectivity index (χ3n) is 11.7. The van der Waals surface area contributed by atoms with Crippen LogP contribution in [0.5, 0.6) is 11.5 Å². The van der Waals surface area contributed by atoms with Gasteiger partial charge in [-0.3, -0.25) is 0 Å². The second-order valence-corrected chi connectivity index (χ2v) is 16.0. The second kappa shape index (κ2) is 19.9. The van der Waals surface area contributed by atoms with Crippen LogP contribution in [-0.2, 0) is 32.2 Å². The number of hydrogen-bond acceptors (Lipinski definition) is 4. The number of anilines is 1. The molecule has 4 nitrogen and oxygen atoms in total. The molecule has 0 amide bonds. The minimum Gasteiger partial charge on any atom is -0.493 e. The molecule has 4 aromatic carbocycles. The number of nitrogens with zero attached hydrogens (tertiary/aromatic N) is 1. The Kier molecular flexibility index (Phi) is 14.6. The van der Waals surface area contributed by atoms with Gasteiger partial charge >= 0.3 is 0 Å². The number of methoxy groups -OCH3 is 2. The fourth-order valence-corrected chi connectivity index (χ4v) is 9.12. The zero-order valence-corrected chi connectivity index (χ0v) is 34.7. The average Bonchev–Trinajstić information content (AvgIpc) is 3.21. The number of benzene rings is 4. The Bertz CT molecular complexity index is 1890. The second-order valence-electron chi connectivity index (χ2n) is 16.0. The van der Waals surface area contributed by atoms with Gasteiger partial charge in [-0.2, -0.15) is 0 Å². The van der Waals surface area contributed by atoms with Crippen LogP contribution in [0, 0.1) is 5.92 Å². The molecule has 0 unspecified atom stereocenters. The van der Waals surface area contributed by atoms with Crippen LogP contribution in [0.1, 0.15) is 119 Å². The molecule has 1 saturated carbocycles. The van der Waals surface area contributed by atoms with Gasteiger partial charge in [0.05, 0.1) is 14.2 Å². The van der Waals surface area contributed by atoms with E-state index in [1.807, 2.05) is 0 Å². The predicted molar refractivity (Wildman–Crippen MR) is 234 cm³/mol. The molecule has 0 atom stereocenters. The van der Waals surface area contributed by atoms with Crippen LogP contribution < -0.4 is 19.7 Å². The van der Waals surface area contributed by atoms with Crippen LogP contribution in [0.15, 0.2) is 96.7 Å². The van der Waals surface area contributed by atoms with Crippen LogP contribution >= 0.6 is 0 Å². The number of dihydropyridines is 1. The van der Waals surface area contributed by atoms with Crippen molar-refractivity contribution in [3.05, 3.63) is 130 Å². The maximum atomic E-state index is 5.82. The lowest BCUT2D eigenvalue weighted by atomic mass is 9.80. The number of rotatable bonds is 18. The van der Waals surface area contributed by atoms with Crippen molar-refractivity contribution in [3.63, 3.8) is 0 Å². The molecule has 1 N–H and O–H groups in total. The summed E-state index contributed by atoms with van der Waals surface area (Å²) in [5, 5.41) is 3.66. The molecule has 4 aromatic rings. The fourth-order valence-electron chi connectivity index (χ4n) is 9.12. The molecule has 6 rings (SSSR count). The van der Waals surface area contributed by atoms with E-state index >= 15 is 0 Å². The molecule has 4 heteroatoms. The highest BCUT2D eigenvalue weighted by Crippen LogP contribution is 2.39. The highest BCUT2D eigenvalue weighted by Gasteiger charge is 2.28. The summed E-state index contributed by atoms with van der Waals surface area (Å²) in [6.45, 7) is 10.9. The van der Waals surface area contributed by atoms with Gasteiger partial charge in [0.15, 0.2) is 11.5 Å². The molecule has 0 aromatic heterocycles. The molecule has 0 saturated heterocycles. The molecule has 0 bridgehead atoms. The molecular formula is C51H66N2O2. The van der Waals surface area contributed by atoms with E-state index in [-0.39, 0.29) is 0 Å². The first-order valence-electron chi connectivity index (χ1n) is 21.4. The van der Waals surface area contributed by atoms with Crippen LogP contribution in [-0.4, -0.2) is 26.8 Å². The van der Waals surface area contributed by atoms with Gasteiger partial charge in [-0.25, -0.2) is 0 Å². The van der Waals surface area contributed by atoms with Crippen molar-refractivity contribution in [2.45, 2.75) is 124 Å². The van der Waals surface area contributed by atoms with Gasteiger partial charge in [-0.1, -0.05) is 120 Å². The van der Waals surface area contributed by atoms with E-state index in [9.17, 15) is 0 Å². The molecule has 1 aliphatic heterocycles. The lowest BCUT2D eigenvalue weighted by Crippen LogP contribution is -2.38. The molecular weight excluding hydrogens is 673 g/mol. The van der Waals surface area contributed by atoms with Crippen LogP contribution in [0.2, 0.25) is 0 Å². The highest BCUT2D eigenvalue weighted by molar-refractivity contribution is 5.76. The summed E-state index contributed by atoms with van der Waals surface area (Å²) in [5.74, 6) is 2.38. The smallest absolute Gasteiger partial charge is 0.163 e. The summed E-state index contributed by atoms with van der Waals surface area (Å²) < 4.78 is 11.6. The van der Waals surface area contributed by atoms with Crippen molar-refractivity contribution < 1.29 is 9.47 Å². The van der Waals surface area contributed by atoms with E-state index in [2.05, 4.69) is 129 Å². The minimum absolute atomic E-state index is 0.516. The zero-order valence-electron chi connectivity index (χ0n) is 34.7. The first-order chi connectivity index (χ1) is 27.0. The van der Waals surface area contributed by atoms with E-state index in [4.69, 9.17) is 9.47 Å². The molecule has 0 radical (unpaired) electrons. The van der Waals surface area contributed by atoms with Gasteiger partial charge in [0.1, 0.15) is 0 Å². The summed E-state index contributed by atoms with van der Waals surface area (Å²) >= 11 is 0. The Morgan fingerprint density at radius 3 is 2.02 bits per heavy atom. The molecule has 292 valence electrons. The molecule has 1 aliphatic carbocycles. The summed E-state index contributed by atoms with van der Waals surface area (Å²) in [7, 11) is 3.48. The van der Waals surface area contributed by atoms with Crippen molar-refractivity contribution in [1.82, 2.24) is 5.32 Å². The van der Waals surface area contributed by atoms with Gasteiger partial charge in [-0.15, -0.1) is 0 Å². The molecule has 55 heavy (non-hydrogen) atoms. The third kappa shape index (κ3) is 10.3. The average molecular weight is 739 g/mol. The van der Waals surface area contributed by atoms with Crippen LogP contribution in [0.3, 0.4) is 0 Å². The van der Waals surface area contributed by atoms with E-state index in [1.54, 1.807) is 19.8 Å². The number of hydrogen-bond donors (Lipinski definition) is 1. The van der Waals surface area contributed by atoms with E-state index in [0.717, 1.165) is 69.0 Å². The Balaban J connectivity index is 1.20. The van der Waals surface area contributed by atoms with Gasteiger partial charge in [0.2, 0.25) is 0 Å². The predicted octanol–water partition coefficient (Wildman–Crippen LogP) is 12.7. The van der Waals surface area contributed by atoms with Crippen molar-refractivity contribution in [2.24, 2.45) is 5.92 Å². The summed E-state index contributed by atoms with van der Waals surface area (Å²) in [5.41, 5.74) is 15.1. The zero-order chi connectivity index (χ0) is 38.6. The maximum Gasteiger partial charge on any atom is 0.163 e. The standard InChI is InChI=1S/C51H66N2O2/c1-7-14-38-27-39(15-8-2)29-45(28-38)47-31-41(34-52-35-47)26-37-22-24-48(25-23-37)53(49-21-12-11-19-42(49)16-9-3)36-40-18-13-20-43(30-40)46-32-44(17-10-4)51(55-6)50(33-46)54-5/h11-13,18-21,27-33,35,37,48,52H,7-10,14-17,22-26,34,36H2,1-6H3. The van der Waals surface area contributed by atoms with Gasteiger partial charge in [0, 0.05) is 31.0 Å². The van der Waals surface area contributed by atoms with Crippen molar-refractivity contribution in [2.75, 3.05) is 25.7 Å². The molecule has 2 aliphatic rings. The first-order valence-corrected chi connectivity index (χ1v) is 21.4. The monoisotopic (exact) mass is 739 g/mol. The topological polar surface area (TPSA) is 33.7 Å². The van der Waals surface area contributed by atoms with Crippen LogP contribution in [0.4, 0.5) is 5.69 Å². The Morgan fingerprint density at radius 1 is 0.636 bits per heavy atom. The highest BCUT2D eigenvalue weighted by atomic mass is 16.5. The third-order valence-corrected chi connectivity index (χ3v) is 11.7. The minimum atomic E-state index is 0.516. The summed E-state index contributed by atoms with van der Waals surface area (Å²) in [6.07, 6.45) is 19.9. The number of para-hydroxylation sites is 1. The number of ether oxygens (including phenoxy) is 2. The Labute approximate surface area is 333 Å². The summed E-state index contributed by atoms with van der Waals surface area (Å²) in [4.78, 5) is 2.76. The van der Waals surface area contributed by atoms with E-state index in [1.165, 1.54) is 101 Å². The number of aryl methyl sites for hydroxylation is 4. The van der Waals surface area contributed by atoms with Gasteiger partial charge in [0.25, 0.3) is 0 Å². The van der Waals surface area contributed by atoms with Crippen LogP contribution in [0.25, 0.3) is 16.7 Å². The Morgan fingerprint density at radius 2 is 1.33 bits per heavy atom. The fraction of sp³-hybridized carbons (Fsp3) is 0.451. The molecule has 1 fully saturated rings. The maximum absolute atomic E-state index is 5.82. The van der Waals surface area contributed by atoms with Gasteiger partial charge < -0.3 is 19.7 Å². The van der Waals surface area contributed by atoms with E-state index < -0.39 is 0 Å². The summed E-state index contributed by atoms with van der Waals surface area (Å²) in [6, 6.07) is 30.6. The number of allylic oxidation sites excluding steroid dienone is 2. The number of nitrogens with one attached hydrogen (secondary N) is 1. The Hall–Kier alpha value is -4.44. The van der Waals surface area contributed by atoms with Gasteiger partial charge in [-0.05, 0) is 138 Å². The SMILES string of the molecule is CCCc1cc(CCC)cc(C2=CNCC(CC3CCC(N(Cc4cccc(-c5cc(CCC)c(OC)c(OC)c5)c4)c4ccccc4CCC)CC3)=C2)c1. The van der Waals surface area contributed by atoms with Crippen molar-refractivity contribution >= 4 is 11.3 Å². The van der Waals surface area contributed by atoms with E-state index in [0.29, 0.717) is 6.04 Å². The van der Waals surface area contributed by atoms with Crippen molar-refractivity contribution in [3.8, 4) is 22.6 Å². The lowest BCUT2D eigenvalue weighted by molar-refractivity contribution is 0.310. The largest absolute Gasteiger partial charge is 0.493 e. The van der Waals surface area contributed by atoms with Crippen molar-refractivity contribution in [1.29, 1.82) is 0 Å². The normalized spacial score (nSPS) is 16.9. The molecule has 1 heterocycles. The quantitative estimate of drug-likeness (QED) is 0.110.